The summed E-state index contributed by atoms with van der Waals surface area (Å²) in [4.78, 5) is 22.7. The summed E-state index contributed by atoms with van der Waals surface area (Å²) in [5.74, 6) is 0.152. The standard InChI is InChI=1S/C19H17N5O4/c1-12(13-6-5-7-14(10-13)24(26)27)20-23-19(25)17-11-16(21-22-17)15-8-3-4-9-18(15)28-2/h3-11H,1-2H3,(H,21,22)(H,23,25). The molecule has 0 saturated carbocycles. The highest BCUT2D eigenvalue weighted by molar-refractivity contribution is 6.01. The number of hydrazone groups is 1. The predicted octanol–water partition coefficient (Wildman–Crippen LogP) is 3.15. The van der Waals surface area contributed by atoms with Crippen molar-refractivity contribution < 1.29 is 14.5 Å². The molecule has 2 N–H and O–H groups in total. The van der Waals surface area contributed by atoms with E-state index < -0.39 is 10.8 Å². The van der Waals surface area contributed by atoms with Crippen LogP contribution in [0.1, 0.15) is 23.0 Å². The molecule has 0 saturated heterocycles. The summed E-state index contributed by atoms with van der Waals surface area (Å²) in [6.45, 7) is 1.65. The fourth-order valence-corrected chi connectivity index (χ4v) is 2.54. The highest BCUT2D eigenvalue weighted by Gasteiger charge is 2.14. The van der Waals surface area contributed by atoms with Crippen molar-refractivity contribution in [3.05, 3.63) is 76.0 Å². The van der Waals surface area contributed by atoms with Gasteiger partial charge in [0.1, 0.15) is 11.4 Å². The molecule has 28 heavy (non-hydrogen) atoms. The molecule has 0 radical (unpaired) electrons. The van der Waals surface area contributed by atoms with Crippen molar-refractivity contribution in [3.8, 4) is 17.0 Å². The molecule has 1 aromatic heterocycles. The Morgan fingerprint density at radius 3 is 2.75 bits per heavy atom. The van der Waals surface area contributed by atoms with Crippen LogP contribution in [-0.4, -0.2) is 33.8 Å². The number of carbonyl (C=O) groups excluding carboxylic acids is 1. The average molecular weight is 379 g/mol. The van der Waals surface area contributed by atoms with Crippen LogP contribution < -0.4 is 10.2 Å². The minimum atomic E-state index is -0.488. The zero-order valence-electron chi connectivity index (χ0n) is 15.2. The number of ether oxygens (including phenoxy) is 1. The molecule has 9 heteroatoms. The first-order valence-corrected chi connectivity index (χ1v) is 8.28. The van der Waals surface area contributed by atoms with Gasteiger partial charge in [-0.3, -0.25) is 20.0 Å². The molecule has 0 fully saturated rings. The number of nitrogens with zero attached hydrogens (tertiary/aromatic N) is 3. The topological polar surface area (TPSA) is 123 Å². The Balaban J connectivity index is 1.75. The quantitative estimate of drug-likeness (QED) is 0.387. The van der Waals surface area contributed by atoms with E-state index in [2.05, 4.69) is 20.7 Å². The molecule has 3 rings (SSSR count). The fourth-order valence-electron chi connectivity index (χ4n) is 2.54. The number of methoxy groups -OCH3 is 1. The maximum Gasteiger partial charge on any atom is 0.289 e. The van der Waals surface area contributed by atoms with Crippen LogP contribution >= 0.6 is 0 Å². The molecule has 0 unspecified atom stereocenters. The highest BCUT2D eigenvalue weighted by Crippen LogP contribution is 2.28. The van der Waals surface area contributed by atoms with Crippen LogP contribution in [0, 0.1) is 10.1 Å². The van der Waals surface area contributed by atoms with Gasteiger partial charge in [-0.1, -0.05) is 24.3 Å². The lowest BCUT2D eigenvalue weighted by atomic mass is 10.1. The number of aromatic nitrogens is 2. The lowest BCUT2D eigenvalue weighted by Crippen LogP contribution is -2.19. The van der Waals surface area contributed by atoms with Crippen LogP contribution in [0.5, 0.6) is 5.75 Å². The van der Waals surface area contributed by atoms with Gasteiger partial charge in [0, 0.05) is 23.3 Å². The molecule has 0 aliphatic heterocycles. The smallest absolute Gasteiger partial charge is 0.289 e. The molecule has 0 aliphatic rings. The fraction of sp³-hybridized carbons (Fsp3) is 0.105. The lowest BCUT2D eigenvalue weighted by Gasteiger charge is -2.04. The van der Waals surface area contributed by atoms with Crippen LogP contribution in [0.2, 0.25) is 0 Å². The Morgan fingerprint density at radius 2 is 2.00 bits per heavy atom. The maximum atomic E-state index is 12.3. The minimum Gasteiger partial charge on any atom is -0.496 e. The molecule has 0 spiro atoms. The Bertz CT molecular complexity index is 1060. The SMILES string of the molecule is COc1ccccc1-c1cc(C(=O)NN=C(C)c2cccc([N+](=O)[O-])c2)[nH]n1. The third-order valence-electron chi connectivity index (χ3n) is 4.01. The number of nitro groups is 1. The predicted molar refractivity (Wildman–Crippen MR) is 103 cm³/mol. The van der Waals surface area contributed by atoms with E-state index in [4.69, 9.17) is 4.74 Å². The first-order chi connectivity index (χ1) is 13.5. The van der Waals surface area contributed by atoms with Crippen molar-refractivity contribution in [2.45, 2.75) is 6.92 Å². The number of nitro benzene ring substituents is 1. The molecular formula is C19H17N5O4. The zero-order chi connectivity index (χ0) is 20.1. The summed E-state index contributed by atoms with van der Waals surface area (Å²) in [6, 6.07) is 14.9. The largest absolute Gasteiger partial charge is 0.496 e. The van der Waals surface area contributed by atoms with Crippen LogP contribution in [0.25, 0.3) is 11.3 Å². The normalized spacial score (nSPS) is 11.1. The molecule has 0 bridgehead atoms. The van der Waals surface area contributed by atoms with E-state index in [1.807, 2.05) is 18.2 Å². The second-order valence-electron chi connectivity index (χ2n) is 5.81. The minimum absolute atomic E-state index is 0.0478. The number of H-pyrrole nitrogens is 1. The first-order valence-electron chi connectivity index (χ1n) is 8.28. The number of hydrogen-bond donors (Lipinski definition) is 2. The molecule has 142 valence electrons. The summed E-state index contributed by atoms with van der Waals surface area (Å²) in [6.07, 6.45) is 0. The third kappa shape index (κ3) is 4.04. The number of benzene rings is 2. The maximum absolute atomic E-state index is 12.3. The summed E-state index contributed by atoms with van der Waals surface area (Å²) in [5, 5.41) is 21.7. The van der Waals surface area contributed by atoms with Crippen LogP contribution in [-0.2, 0) is 0 Å². The van der Waals surface area contributed by atoms with Gasteiger partial charge < -0.3 is 4.74 Å². The molecule has 0 aliphatic carbocycles. The molecule has 9 nitrogen and oxygen atoms in total. The van der Waals surface area contributed by atoms with Gasteiger partial charge in [0.2, 0.25) is 0 Å². The molecule has 0 atom stereocenters. The average Bonchev–Trinajstić information content (AvgIpc) is 3.22. The molecule has 2 aromatic carbocycles. The van der Waals surface area contributed by atoms with Crippen LogP contribution in [0.15, 0.2) is 59.7 Å². The van der Waals surface area contributed by atoms with E-state index in [-0.39, 0.29) is 11.4 Å². The van der Waals surface area contributed by atoms with Gasteiger partial charge in [-0.2, -0.15) is 10.2 Å². The van der Waals surface area contributed by atoms with E-state index in [9.17, 15) is 14.9 Å². The Morgan fingerprint density at radius 1 is 1.21 bits per heavy atom. The molecule has 1 heterocycles. The Kier molecular flexibility index (Phi) is 5.45. The number of carbonyl (C=O) groups is 1. The van der Waals surface area contributed by atoms with Gasteiger partial charge in [-0.15, -0.1) is 0 Å². The van der Waals surface area contributed by atoms with E-state index in [1.165, 1.54) is 12.1 Å². The number of hydrogen-bond acceptors (Lipinski definition) is 6. The zero-order valence-corrected chi connectivity index (χ0v) is 15.2. The van der Waals surface area contributed by atoms with E-state index in [1.54, 1.807) is 38.3 Å². The Labute approximate surface area is 160 Å². The Hall–Kier alpha value is -4.01. The van der Waals surface area contributed by atoms with E-state index in [0.717, 1.165) is 5.56 Å². The third-order valence-corrected chi connectivity index (χ3v) is 4.01. The summed E-state index contributed by atoms with van der Waals surface area (Å²) in [7, 11) is 1.56. The summed E-state index contributed by atoms with van der Waals surface area (Å²) < 4.78 is 5.30. The molecule has 3 aromatic rings. The first kappa shape index (κ1) is 18.8. The number of nitrogens with one attached hydrogen (secondary N) is 2. The van der Waals surface area contributed by atoms with Crippen molar-refractivity contribution >= 4 is 17.3 Å². The van der Waals surface area contributed by atoms with Gasteiger partial charge in [0.15, 0.2) is 0 Å². The van der Waals surface area contributed by atoms with Crippen molar-refractivity contribution in [1.29, 1.82) is 0 Å². The number of aromatic amines is 1. The van der Waals surface area contributed by atoms with Crippen molar-refractivity contribution in [3.63, 3.8) is 0 Å². The van der Waals surface area contributed by atoms with Gasteiger partial charge >= 0.3 is 0 Å². The molecule has 1 amide bonds. The second-order valence-corrected chi connectivity index (χ2v) is 5.81. The molecular weight excluding hydrogens is 362 g/mol. The van der Waals surface area contributed by atoms with Gasteiger partial charge in [0.25, 0.3) is 11.6 Å². The van der Waals surface area contributed by atoms with Gasteiger partial charge in [0.05, 0.1) is 23.4 Å². The number of amides is 1. The van der Waals surface area contributed by atoms with Crippen molar-refractivity contribution in [2.24, 2.45) is 5.10 Å². The highest BCUT2D eigenvalue weighted by atomic mass is 16.6. The van der Waals surface area contributed by atoms with Crippen molar-refractivity contribution in [1.82, 2.24) is 15.6 Å². The number of rotatable bonds is 6. The number of non-ortho nitro benzene ring substituents is 1. The van der Waals surface area contributed by atoms with Gasteiger partial charge in [-0.05, 0) is 25.1 Å². The lowest BCUT2D eigenvalue weighted by molar-refractivity contribution is -0.384. The second kappa shape index (κ2) is 8.12. The summed E-state index contributed by atoms with van der Waals surface area (Å²) >= 11 is 0. The van der Waals surface area contributed by atoms with E-state index in [0.29, 0.717) is 22.7 Å². The van der Waals surface area contributed by atoms with Crippen LogP contribution in [0.4, 0.5) is 5.69 Å². The number of para-hydroxylation sites is 1. The van der Waals surface area contributed by atoms with Gasteiger partial charge in [-0.25, -0.2) is 5.43 Å². The van der Waals surface area contributed by atoms with Crippen LogP contribution in [0.3, 0.4) is 0 Å². The monoisotopic (exact) mass is 379 g/mol. The van der Waals surface area contributed by atoms with E-state index >= 15 is 0 Å². The van der Waals surface area contributed by atoms with Crippen molar-refractivity contribution in [2.75, 3.05) is 7.11 Å². The summed E-state index contributed by atoms with van der Waals surface area (Å²) in [5.41, 5.74) is 4.86.